The van der Waals surface area contributed by atoms with E-state index in [9.17, 15) is 14.4 Å². The van der Waals surface area contributed by atoms with Gasteiger partial charge in [0.05, 0.1) is 17.2 Å². The number of carbonyl (C=O) groups is 3. The number of likely N-dealkylation sites (tertiary alicyclic amines) is 1. The summed E-state index contributed by atoms with van der Waals surface area (Å²) in [6.07, 6.45) is 7.12. The average molecular weight is 409 g/mol. The molecule has 7 nitrogen and oxygen atoms in total. The van der Waals surface area contributed by atoms with Crippen molar-refractivity contribution < 1.29 is 23.5 Å². The van der Waals surface area contributed by atoms with Crippen LogP contribution in [0.25, 0.3) is 0 Å². The largest absolute Gasteiger partial charge is 0.472 e. The van der Waals surface area contributed by atoms with Gasteiger partial charge in [0.25, 0.3) is 5.91 Å². The van der Waals surface area contributed by atoms with Gasteiger partial charge in [-0.15, -0.1) is 11.6 Å². The Morgan fingerprint density at radius 1 is 1.39 bits per heavy atom. The van der Waals surface area contributed by atoms with Gasteiger partial charge in [-0.2, -0.15) is 0 Å². The number of rotatable bonds is 5. The fourth-order valence-electron chi connectivity index (χ4n) is 4.78. The molecule has 28 heavy (non-hydrogen) atoms. The molecule has 2 aliphatic heterocycles. The summed E-state index contributed by atoms with van der Waals surface area (Å²) >= 11 is 6.34. The van der Waals surface area contributed by atoms with Gasteiger partial charge >= 0.3 is 0 Å². The standard InChI is InChI=1S/C20H25ClN2O5/c1-20(5-2-3-6-20)8-14(22-18(25)12-4-7-27-10-12)19(26)23-9-13(21)17-16(23)15(24)11-28-17/h4,7,10,13-14,16-17H,2-3,5-6,8-9,11H2,1H3,(H,22,25). The number of hydrogen-bond acceptors (Lipinski definition) is 5. The van der Waals surface area contributed by atoms with Crippen molar-refractivity contribution in [3.05, 3.63) is 24.2 Å². The van der Waals surface area contributed by atoms with Gasteiger partial charge in [0.2, 0.25) is 5.91 Å². The van der Waals surface area contributed by atoms with Gasteiger partial charge < -0.3 is 19.4 Å². The molecule has 1 aromatic rings. The summed E-state index contributed by atoms with van der Waals surface area (Å²) < 4.78 is 10.5. The summed E-state index contributed by atoms with van der Waals surface area (Å²) in [5, 5.41) is 2.45. The van der Waals surface area contributed by atoms with Gasteiger partial charge in [-0.05, 0) is 30.7 Å². The molecule has 0 spiro atoms. The number of nitrogens with one attached hydrogen (secondary N) is 1. The predicted octanol–water partition coefficient (Wildman–Crippen LogP) is 2.13. The Morgan fingerprint density at radius 3 is 2.82 bits per heavy atom. The minimum absolute atomic E-state index is 0.0142. The summed E-state index contributed by atoms with van der Waals surface area (Å²) in [7, 11) is 0. The van der Waals surface area contributed by atoms with Gasteiger partial charge in [-0.1, -0.05) is 19.8 Å². The van der Waals surface area contributed by atoms with Crippen LogP contribution in [0.1, 0.15) is 49.4 Å². The summed E-state index contributed by atoms with van der Waals surface area (Å²) in [6, 6.07) is 0.185. The van der Waals surface area contributed by atoms with Crippen molar-refractivity contribution in [2.75, 3.05) is 13.2 Å². The maximum absolute atomic E-state index is 13.4. The quantitative estimate of drug-likeness (QED) is 0.754. The Balaban J connectivity index is 1.56. The van der Waals surface area contributed by atoms with Crippen LogP contribution in [0.2, 0.25) is 0 Å². The normalized spacial score (nSPS) is 29.7. The third kappa shape index (κ3) is 3.57. The minimum Gasteiger partial charge on any atom is -0.472 e. The predicted molar refractivity (Wildman–Crippen MR) is 101 cm³/mol. The summed E-state index contributed by atoms with van der Waals surface area (Å²) in [5.41, 5.74) is 0.351. The first-order valence-corrected chi connectivity index (χ1v) is 10.2. The second kappa shape index (κ2) is 7.52. The number of halogens is 1. The van der Waals surface area contributed by atoms with Crippen LogP contribution in [0.4, 0.5) is 0 Å². The molecule has 3 fully saturated rings. The number of ketones is 1. The second-order valence-electron chi connectivity index (χ2n) is 8.45. The molecule has 1 saturated carbocycles. The highest BCUT2D eigenvalue weighted by atomic mass is 35.5. The molecule has 2 amide bonds. The lowest BCUT2D eigenvalue weighted by Gasteiger charge is -2.32. The average Bonchev–Trinajstić information content (AvgIpc) is 3.42. The number of alkyl halides is 1. The number of ether oxygens (including phenoxy) is 1. The molecule has 2 saturated heterocycles. The van der Waals surface area contributed by atoms with Crippen molar-refractivity contribution in [2.24, 2.45) is 5.41 Å². The number of amides is 2. The maximum Gasteiger partial charge on any atom is 0.255 e. The second-order valence-corrected chi connectivity index (χ2v) is 9.01. The number of carbonyl (C=O) groups excluding carboxylic acids is 3. The molecule has 8 heteroatoms. The monoisotopic (exact) mass is 408 g/mol. The van der Waals surface area contributed by atoms with Crippen LogP contribution >= 0.6 is 11.6 Å². The maximum atomic E-state index is 13.4. The molecule has 0 aromatic carbocycles. The Kier molecular flexibility index (Phi) is 5.22. The van der Waals surface area contributed by atoms with Crippen molar-refractivity contribution in [1.82, 2.24) is 10.2 Å². The fourth-order valence-corrected chi connectivity index (χ4v) is 5.14. The van der Waals surface area contributed by atoms with E-state index in [0.717, 1.165) is 25.7 Å². The van der Waals surface area contributed by atoms with Crippen molar-refractivity contribution >= 4 is 29.2 Å². The summed E-state index contributed by atoms with van der Waals surface area (Å²) in [4.78, 5) is 39.8. The number of furan rings is 1. The number of fused-ring (bicyclic) bond motifs is 1. The lowest BCUT2D eigenvalue weighted by Crippen LogP contribution is -2.53. The summed E-state index contributed by atoms with van der Waals surface area (Å²) in [5.74, 6) is -0.753. The highest BCUT2D eigenvalue weighted by Crippen LogP contribution is 2.42. The van der Waals surface area contributed by atoms with E-state index in [4.69, 9.17) is 20.8 Å². The number of hydrogen-bond donors (Lipinski definition) is 1. The van der Waals surface area contributed by atoms with E-state index in [2.05, 4.69) is 12.2 Å². The van der Waals surface area contributed by atoms with Crippen LogP contribution in [-0.2, 0) is 14.3 Å². The molecule has 1 aromatic heterocycles. The van der Waals surface area contributed by atoms with Crippen molar-refractivity contribution in [2.45, 2.75) is 62.6 Å². The smallest absolute Gasteiger partial charge is 0.255 e. The Bertz CT molecular complexity index is 759. The molecule has 4 atom stereocenters. The first-order chi connectivity index (χ1) is 13.4. The molecule has 3 heterocycles. The minimum atomic E-state index is -0.721. The molecule has 152 valence electrons. The van der Waals surface area contributed by atoms with Gasteiger partial charge in [0, 0.05) is 6.54 Å². The van der Waals surface area contributed by atoms with Crippen LogP contribution in [0.15, 0.2) is 23.0 Å². The molecule has 0 radical (unpaired) electrons. The Morgan fingerprint density at radius 2 is 2.14 bits per heavy atom. The molecule has 0 bridgehead atoms. The van der Waals surface area contributed by atoms with Crippen LogP contribution in [-0.4, -0.2) is 59.2 Å². The number of nitrogens with zero attached hydrogens (tertiary/aromatic N) is 1. The molecule has 1 aliphatic carbocycles. The zero-order valence-electron chi connectivity index (χ0n) is 15.9. The Labute approximate surface area is 168 Å². The molecule has 4 rings (SSSR count). The lowest BCUT2D eigenvalue weighted by molar-refractivity contribution is -0.138. The van der Waals surface area contributed by atoms with Crippen molar-refractivity contribution in [3.8, 4) is 0 Å². The molecule has 4 unspecified atom stereocenters. The molecule has 3 aliphatic rings. The zero-order valence-corrected chi connectivity index (χ0v) is 16.6. The van der Waals surface area contributed by atoms with Crippen molar-refractivity contribution in [3.63, 3.8) is 0 Å². The van der Waals surface area contributed by atoms with Crippen LogP contribution in [0.3, 0.4) is 0 Å². The van der Waals surface area contributed by atoms with Gasteiger partial charge in [0.15, 0.2) is 5.78 Å². The van der Waals surface area contributed by atoms with E-state index >= 15 is 0 Å². The third-order valence-electron chi connectivity index (χ3n) is 6.30. The van der Waals surface area contributed by atoms with E-state index in [1.807, 2.05) is 0 Å². The highest BCUT2D eigenvalue weighted by molar-refractivity contribution is 6.22. The van der Waals surface area contributed by atoms with Gasteiger partial charge in [0.1, 0.15) is 31.1 Å². The van der Waals surface area contributed by atoms with Crippen LogP contribution in [0.5, 0.6) is 0 Å². The SMILES string of the molecule is CC1(CC(NC(=O)c2ccoc2)C(=O)N2CC(Cl)C3OCC(=O)C32)CCCC1. The van der Waals surface area contributed by atoms with Gasteiger partial charge in [-0.25, -0.2) is 0 Å². The first-order valence-electron chi connectivity index (χ1n) is 9.80. The highest BCUT2D eigenvalue weighted by Gasteiger charge is 2.53. The molecule has 1 N–H and O–H groups in total. The van der Waals surface area contributed by atoms with E-state index in [-0.39, 0.29) is 36.2 Å². The van der Waals surface area contributed by atoms with E-state index in [1.165, 1.54) is 17.4 Å². The number of Topliss-reactive ketones (excluding diaryl/α,β-unsaturated/α-hetero) is 1. The third-order valence-corrected chi connectivity index (χ3v) is 6.69. The first kappa shape index (κ1) is 19.5. The van der Waals surface area contributed by atoms with E-state index < -0.39 is 23.6 Å². The lowest BCUT2D eigenvalue weighted by atomic mass is 9.81. The van der Waals surface area contributed by atoms with E-state index in [0.29, 0.717) is 12.0 Å². The zero-order chi connectivity index (χ0) is 19.9. The fraction of sp³-hybridized carbons (Fsp3) is 0.650. The van der Waals surface area contributed by atoms with E-state index in [1.54, 1.807) is 6.07 Å². The van der Waals surface area contributed by atoms with Crippen molar-refractivity contribution in [1.29, 1.82) is 0 Å². The van der Waals surface area contributed by atoms with Crippen LogP contribution in [0, 0.1) is 5.41 Å². The van der Waals surface area contributed by atoms with Gasteiger partial charge in [-0.3, -0.25) is 14.4 Å². The molecular formula is C20H25ClN2O5. The summed E-state index contributed by atoms with van der Waals surface area (Å²) in [6.45, 7) is 2.38. The topological polar surface area (TPSA) is 88.8 Å². The molecular weight excluding hydrogens is 384 g/mol. The van der Waals surface area contributed by atoms with Crippen LogP contribution < -0.4 is 5.32 Å². The Hall–Kier alpha value is -1.86.